The van der Waals surface area contributed by atoms with Crippen molar-refractivity contribution in [1.82, 2.24) is 9.97 Å². The molecule has 1 saturated carbocycles. The van der Waals surface area contributed by atoms with E-state index >= 15 is 0 Å². The van der Waals surface area contributed by atoms with Gasteiger partial charge in [0.1, 0.15) is 5.82 Å². The van der Waals surface area contributed by atoms with Crippen molar-refractivity contribution in [3.63, 3.8) is 0 Å². The molecule has 18 heavy (non-hydrogen) atoms. The molecule has 2 rings (SSSR count). The fourth-order valence-corrected chi connectivity index (χ4v) is 2.44. The Hall–Kier alpha value is -1.20. The highest BCUT2D eigenvalue weighted by Crippen LogP contribution is 2.28. The standard InChI is InChI=1S/C12H17ClN4O/c13-12-15-6-5-10(17-12)16-11(18)9-3-1-8(7-14)2-4-9/h5-6,8-9H,1-4,7,14H2,(H,15,16,17,18). The lowest BCUT2D eigenvalue weighted by molar-refractivity contribution is -0.121. The quantitative estimate of drug-likeness (QED) is 0.820. The maximum absolute atomic E-state index is 12.0. The van der Waals surface area contributed by atoms with Crippen molar-refractivity contribution in [3.8, 4) is 0 Å². The van der Waals surface area contributed by atoms with Crippen LogP contribution in [0.1, 0.15) is 25.7 Å². The molecule has 0 atom stereocenters. The lowest BCUT2D eigenvalue weighted by Crippen LogP contribution is -2.29. The average Bonchev–Trinajstić information content (AvgIpc) is 2.39. The highest BCUT2D eigenvalue weighted by Gasteiger charge is 2.25. The van der Waals surface area contributed by atoms with Gasteiger partial charge in [0.2, 0.25) is 11.2 Å². The minimum atomic E-state index is 0.0141. The SMILES string of the molecule is NCC1CCC(C(=O)Nc2ccnc(Cl)n2)CC1. The Labute approximate surface area is 111 Å². The number of amides is 1. The Morgan fingerprint density at radius 1 is 1.44 bits per heavy atom. The van der Waals surface area contributed by atoms with Crippen molar-refractivity contribution < 1.29 is 4.79 Å². The maximum atomic E-state index is 12.0. The van der Waals surface area contributed by atoms with Gasteiger partial charge in [-0.15, -0.1) is 0 Å². The van der Waals surface area contributed by atoms with Crippen molar-refractivity contribution in [2.45, 2.75) is 25.7 Å². The summed E-state index contributed by atoms with van der Waals surface area (Å²) in [7, 11) is 0. The number of nitrogens with one attached hydrogen (secondary N) is 1. The molecule has 0 spiro atoms. The summed E-state index contributed by atoms with van der Waals surface area (Å²) < 4.78 is 0. The first-order valence-electron chi connectivity index (χ1n) is 6.18. The summed E-state index contributed by atoms with van der Waals surface area (Å²) in [5.41, 5.74) is 5.63. The number of anilines is 1. The second-order valence-corrected chi connectivity index (χ2v) is 4.99. The van der Waals surface area contributed by atoms with Gasteiger partial charge < -0.3 is 11.1 Å². The van der Waals surface area contributed by atoms with E-state index in [1.807, 2.05) is 0 Å². The van der Waals surface area contributed by atoms with E-state index in [0.29, 0.717) is 11.7 Å². The molecule has 0 aromatic carbocycles. The summed E-state index contributed by atoms with van der Waals surface area (Å²) in [6.45, 7) is 0.718. The fraction of sp³-hybridized carbons (Fsp3) is 0.583. The molecule has 1 aromatic rings. The lowest BCUT2D eigenvalue weighted by atomic mass is 9.81. The number of nitrogens with zero attached hydrogens (tertiary/aromatic N) is 2. The van der Waals surface area contributed by atoms with Gasteiger partial charge in [0.15, 0.2) is 0 Å². The van der Waals surface area contributed by atoms with Gasteiger partial charge in [0, 0.05) is 12.1 Å². The maximum Gasteiger partial charge on any atom is 0.228 e. The number of hydrogen-bond acceptors (Lipinski definition) is 4. The van der Waals surface area contributed by atoms with Crippen LogP contribution in [0.3, 0.4) is 0 Å². The zero-order valence-corrected chi connectivity index (χ0v) is 10.9. The summed E-state index contributed by atoms with van der Waals surface area (Å²) in [5.74, 6) is 1.10. The number of rotatable bonds is 3. The van der Waals surface area contributed by atoms with Crippen LogP contribution in [-0.2, 0) is 4.79 Å². The van der Waals surface area contributed by atoms with Gasteiger partial charge in [-0.25, -0.2) is 9.97 Å². The van der Waals surface area contributed by atoms with Crippen LogP contribution in [0.4, 0.5) is 5.82 Å². The number of hydrogen-bond donors (Lipinski definition) is 2. The fourth-order valence-electron chi connectivity index (χ4n) is 2.29. The summed E-state index contributed by atoms with van der Waals surface area (Å²) in [5, 5.41) is 2.92. The molecule has 1 aromatic heterocycles. The zero-order valence-electron chi connectivity index (χ0n) is 10.1. The van der Waals surface area contributed by atoms with E-state index in [2.05, 4.69) is 15.3 Å². The normalized spacial score (nSPS) is 23.7. The lowest BCUT2D eigenvalue weighted by Gasteiger charge is -2.26. The van der Waals surface area contributed by atoms with Crippen LogP contribution in [0.15, 0.2) is 12.3 Å². The van der Waals surface area contributed by atoms with Gasteiger partial charge >= 0.3 is 0 Å². The minimum absolute atomic E-state index is 0.0141. The van der Waals surface area contributed by atoms with Gasteiger partial charge in [-0.3, -0.25) is 4.79 Å². The minimum Gasteiger partial charge on any atom is -0.330 e. The van der Waals surface area contributed by atoms with Crippen molar-refractivity contribution in [3.05, 3.63) is 17.5 Å². The molecule has 1 fully saturated rings. The molecule has 3 N–H and O–H groups in total. The molecule has 1 aliphatic carbocycles. The number of carbonyl (C=O) groups is 1. The van der Waals surface area contributed by atoms with Gasteiger partial charge in [-0.1, -0.05) is 0 Å². The van der Waals surface area contributed by atoms with Gasteiger partial charge in [0.05, 0.1) is 0 Å². The van der Waals surface area contributed by atoms with E-state index in [9.17, 15) is 4.79 Å². The molecule has 0 radical (unpaired) electrons. The van der Waals surface area contributed by atoms with Gasteiger partial charge in [-0.2, -0.15) is 0 Å². The van der Waals surface area contributed by atoms with Crippen molar-refractivity contribution in [2.75, 3.05) is 11.9 Å². The average molecular weight is 269 g/mol. The van der Waals surface area contributed by atoms with E-state index in [-0.39, 0.29) is 17.1 Å². The van der Waals surface area contributed by atoms with Gasteiger partial charge in [0.25, 0.3) is 0 Å². The van der Waals surface area contributed by atoms with Crippen LogP contribution in [0.2, 0.25) is 5.28 Å². The molecule has 1 heterocycles. The van der Waals surface area contributed by atoms with Crippen LogP contribution >= 0.6 is 11.6 Å². The molecule has 0 unspecified atom stereocenters. The third-order valence-corrected chi connectivity index (χ3v) is 3.61. The van der Waals surface area contributed by atoms with Crippen LogP contribution in [-0.4, -0.2) is 22.4 Å². The van der Waals surface area contributed by atoms with Crippen LogP contribution in [0.5, 0.6) is 0 Å². The topological polar surface area (TPSA) is 80.9 Å². The van der Waals surface area contributed by atoms with Crippen LogP contribution in [0.25, 0.3) is 0 Å². The number of aromatic nitrogens is 2. The van der Waals surface area contributed by atoms with Crippen LogP contribution in [0, 0.1) is 11.8 Å². The molecular weight excluding hydrogens is 252 g/mol. The van der Waals surface area contributed by atoms with Crippen molar-refractivity contribution in [2.24, 2.45) is 17.6 Å². The smallest absolute Gasteiger partial charge is 0.228 e. The Morgan fingerprint density at radius 2 is 2.17 bits per heavy atom. The second kappa shape index (κ2) is 6.11. The number of halogens is 1. The van der Waals surface area contributed by atoms with E-state index in [4.69, 9.17) is 17.3 Å². The summed E-state index contributed by atoms with van der Waals surface area (Å²) in [6, 6.07) is 1.63. The molecule has 98 valence electrons. The summed E-state index contributed by atoms with van der Waals surface area (Å²) in [4.78, 5) is 19.7. The molecule has 6 heteroatoms. The monoisotopic (exact) mass is 268 g/mol. The first kappa shape index (κ1) is 13.2. The van der Waals surface area contributed by atoms with Crippen molar-refractivity contribution >= 4 is 23.3 Å². The molecule has 5 nitrogen and oxygen atoms in total. The Kier molecular flexibility index (Phi) is 4.49. The molecule has 1 aliphatic rings. The van der Waals surface area contributed by atoms with Crippen LogP contribution < -0.4 is 11.1 Å². The van der Waals surface area contributed by atoms with E-state index < -0.39 is 0 Å². The molecule has 0 aliphatic heterocycles. The van der Waals surface area contributed by atoms with E-state index in [1.165, 1.54) is 6.20 Å². The van der Waals surface area contributed by atoms with Gasteiger partial charge in [-0.05, 0) is 55.8 Å². The molecule has 1 amide bonds. The predicted molar refractivity (Wildman–Crippen MR) is 70.2 cm³/mol. The zero-order chi connectivity index (χ0) is 13.0. The Morgan fingerprint density at radius 3 is 2.78 bits per heavy atom. The molecular formula is C12H17ClN4O. The summed E-state index contributed by atoms with van der Waals surface area (Å²) in [6.07, 6.45) is 5.37. The van der Waals surface area contributed by atoms with E-state index in [1.54, 1.807) is 6.07 Å². The second-order valence-electron chi connectivity index (χ2n) is 4.65. The number of nitrogens with two attached hydrogens (primary N) is 1. The van der Waals surface area contributed by atoms with Crippen molar-refractivity contribution in [1.29, 1.82) is 0 Å². The molecule has 0 bridgehead atoms. The third-order valence-electron chi connectivity index (χ3n) is 3.43. The first-order chi connectivity index (χ1) is 8.69. The van der Waals surface area contributed by atoms with E-state index in [0.717, 1.165) is 32.2 Å². The summed E-state index contributed by atoms with van der Waals surface area (Å²) >= 11 is 5.66. The highest BCUT2D eigenvalue weighted by atomic mass is 35.5. The Bertz CT molecular complexity index is 418. The number of carbonyl (C=O) groups excluding carboxylic acids is 1. The molecule has 0 saturated heterocycles. The predicted octanol–water partition coefficient (Wildman–Crippen LogP) is 1.83. The first-order valence-corrected chi connectivity index (χ1v) is 6.56. The largest absolute Gasteiger partial charge is 0.330 e. The highest BCUT2D eigenvalue weighted by molar-refractivity contribution is 6.28. The Balaban J connectivity index is 1.89. The third kappa shape index (κ3) is 3.40.